The van der Waals surface area contributed by atoms with E-state index in [0.29, 0.717) is 5.92 Å². The summed E-state index contributed by atoms with van der Waals surface area (Å²) in [5.74, 6) is 0.490. The van der Waals surface area contributed by atoms with Gasteiger partial charge >= 0.3 is 0 Å². The summed E-state index contributed by atoms with van der Waals surface area (Å²) < 4.78 is 0. The van der Waals surface area contributed by atoms with Crippen LogP contribution in [-0.4, -0.2) is 35.2 Å². The lowest BCUT2D eigenvalue weighted by atomic mass is 9.86. The van der Waals surface area contributed by atoms with Crippen LogP contribution in [0.4, 0.5) is 0 Å². The number of fused-ring (bicyclic) bond motifs is 1. The smallest absolute Gasteiger partial charge is 0.0613 e. The van der Waals surface area contributed by atoms with Crippen LogP contribution >= 0.6 is 0 Å². The maximum absolute atomic E-state index is 9.52. The number of aliphatic hydroxyl groups is 1. The predicted octanol–water partition coefficient (Wildman–Crippen LogP) is 1.92. The van der Waals surface area contributed by atoms with Crippen molar-refractivity contribution in [2.45, 2.75) is 44.2 Å². The minimum atomic E-state index is -0.312. The van der Waals surface area contributed by atoms with Gasteiger partial charge in [-0.1, -0.05) is 30.7 Å². The molecule has 3 heteroatoms. The molecule has 2 aliphatic rings. The van der Waals surface area contributed by atoms with Crippen molar-refractivity contribution >= 4 is 0 Å². The van der Waals surface area contributed by atoms with Gasteiger partial charge in [0.15, 0.2) is 0 Å². The molecule has 1 aromatic rings. The van der Waals surface area contributed by atoms with E-state index in [1.807, 2.05) is 0 Å². The first-order valence-corrected chi connectivity index (χ1v) is 7.90. The maximum Gasteiger partial charge on any atom is 0.0613 e. The summed E-state index contributed by atoms with van der Waals surface area (Å²) in [5, 5.41) is 9.52. The Labute approximate surface area is 121 Å². The van der Waals surface area contributed by atoms with Crippen molar-refractivity contribution in [3.8, 4) is 0 Å². The first-order chi connectivity index (χ1) is 9.71. The van der Waals surface area contributed by atoms with E-state index in [2.05, 4.69) is 29.2 Å². The molecule has 1 aromatic carbocycles. The van der Waals surface area contributed by atoms with Crippen LogP contribution in [0, 0.1) is 5.92 Å². The minimum Gasteiger partial charge on any atom is -0.394 e. The van der Waals surface area contributed by atoms with E-state index in [4.69, 9.17) is 5.73 Å². The molecule has 20 heavy (non-hydrogen) atoms. The number of nitrogens with two attached hydrogens (primary N) is 1. The molecule has 0 bridgehead atoms. The van der Waals surface area contributed by atoms with Crippen molar-refractivity contribution < 1.29 is 5.11 Å². The molecule has 1 aliphatic heterocycles. The van der Waals surface area contributed by atoms with Crippen molar-refractivity contribution in [3.63, 3.8) is 0 Å². The molecule has 3 nitrogen and oxygen atoms in total. The lowest BCUT2D eigenvalue weighted by molar-refractivity contribution is 0.141. The van der Waals surface area contributed by atoms with Gasteiger partial charge in [-0.25, -0.2) is 0 Å². The average molecular weight is 274 g/mol. The van der Waals surface area contributed by atoms with Gasteiger partial charge in [-0.2, -0.15) is 0 Å². The molecule has 1 aliphatic carbocycles. The molecule has 2 atom stereocenters. The highest BCUT2D eigenvalue weighted by Crippen LogP contribution is 2.36. The van der Waals surface area contributed by atoms with Crippen molar-refractivity contribution in [1.29, 1.82) is 0 Å². The van der Waals surface area contributed by atoms with E-state index < -0.39 is 0 Å². The van der Waals surface area contributed by atoms with E-state index >= 15 is 0 Å². The normalized spacial score (nSPS) is 30.4. The summed E-state index contributed by atoms with van der Waals surface area (Å²) in [4.78, 5) is 2.54. The second-order valence-corrected chi connectivity index (χ2v) is 6.56. The van der Waals surface area contributed by atoms with Crippen LogP contribution in [0.5, 0.6) is 0 Å². The van der Waals surface area contributed by atoms with Gasteiger partial charge < -0.3 is 10.8 Å². The lowest BCUT2D eigenvalue weighted by Gasteiger charge is -2.33. The van der Waals surface area contributed by atoms with E-state index in [0.717, 1.165) is 38.9 Å². The summed E-state index contributed by atoms with van der Waals surface area (Å²) in [6.07, 6.45) is 5.62. The molecule has 3 N–H and O–H groups in total. The van der Waals surface area contributed by atoms with Crippen LogP contribution in [0.3, 0.4) is 0 Å². The summed E-state index contributed by atoms with van der Waals surface area (Å²) in [6, 6.07) is 8.77. The Morgan fingerprint density at radius 1 is 1.30 bits per heavy atom. The first kappa shape index (κ1) is 14.1. The van der Waals surface area contributed by atoms with Gasteiger partial charge in [0.1, 0.15) is 0 Å². The molecule has 0 radical (unpaired) electrons. The molecular formula is C17H26N2O. The molecule has 1 fully saturated rings. The zero-order chi connectivity index (χ0) is 14.0. The second-order valence-electron chi connectivity index (χ2n) is 6.56. The quantitative estimate of drug-likeness (QED) is 0.882. The first-order valence-electron chi connectivity index (χ1n) is 7.90. The molecule has 1 saturated carbocycles. The summed E-state index contributed by atoms with van der Waals surface area (Å²) in [7, 11) is 0. The Morgan fingerprint density at radius 2 is 2.10 bits per heavy atom. The number of benzene rings is 1. The standard InChI is InChI=1S/C17H26N2O/c18-17(13-20)9-3-6-16(17)8-11-19-10-7-14-4-1-2-5-15(14)12-19/h1-2,4-5,16,20H,3,6-13,18H2. The zero-order valence-corrected chi connectivity index (χ0v) is 12.2. The van der Waals surface area contributed by atoms with E-state index in [1.54, 1.807) is 0 Å². The Hall–Kier alpha value is -0.900. The van der Waals surface area contributed by atoms with Gasteiger partial charge in [0, 0.05) is 18.6 Å². The van der Waals surface area contributed by atoms with Crippen molar-refractivity contribution in [1.82, 2.24) is 4.90 Å². The summed E-state index contributed by atoms with van der Waals surface area (Å²) >= 11 is 0. The molecule has 0 amide bonds. The number of rotatable bonds is 4. The van der Waals surface area contributed by atoms with Gasteiger partial charge in [0.05, 0.1) is 6.61 Å². The number of hydrogen-bond donors (Lipinski definition) is 2. The fraction of sp³-hybridized carbons (Fsp3) is 0.647. The topological polar surface area (TPSA) is 49.5 Å². The minimum absolute atomic E-state index is 0.139. The van der Waals surface area contributed by atoms with Crippen LogP contribution in [0.25, 0.3) is 0 Å². The van der Waals surface area contributed by atoms with Crippen LogP contribution in [-0.2, 0) is 13.0 Å². The summed E-state index contributed by atoms with van der Waals surface area (Å²) in [5.41, 5.74) is 9.00. The lowest BCUT2D eigenvalue weighted by Crippen LogP contribution is -2.48. The zero-order valence-electron chi connectivity index (χ0n) is 12.2. The van der Waals surface area contributed by atoms with Crippen molar-refractivity contribution in [3.05, 3.63) is 35.4 Å². The van der Waals surface area contributed by atoms with Gasteiger partial charge in [-0.05, 0) is 49.3 Å². The van der Waals surface area contributed by atoms with Crippen LogP contribution in [0.1, 0.15) is 36.8 Å². The second kappa shape index (κ2) is 5.84. The number of aliphatic hydroxyl groups excluding tert-OH is 1. The molecule has 3 rings (SSSR count). The molecule has 0 saturated heterocycles. The van der Waals surface area contributed by atoms with E-state index in [1.165, 1.54) is 24.0 Å². The van der Waals surface area contributed by atoms with Gasteiger partial charge in [0.25, 0.3) is 0 Å². The Morgan fingerprint density at radius 3 is 2.90 bits per heavy atom. The van der Waals surface area contributed by atoms with Crippen molar-refractivity contribution in [2.24, 2.45) is 11.7 Å². The fourth-order valence-electron chi connectivity index (χ4n) is 3.89. The van der Waals surface area contributed by atoms with Crippen LogP contribution < -0.4 is 5.73 Å². The highest BCUT2D eigenvalue weighted by atomic mass is 16.3. The van der Waals surface area contributed by atoms with E-state index in [9.17, 15) is 5.11 Å². The molecular weight excluding hydrogens is 248 g/mol. The van der Waals surface area contributed by atoms with Crippen molar-refractivity contribution in [2.75, 3.05) is 19.7 Å². The molecule has 2 unspecified atom stereocenters. The van der Waals surface area contributed by atoms with Crippen LogP contribution in [0.15, 0.2) is 24.3 Å². The van der Waals surface area contributed by atoms with Gasteiger partial charge in [0.2, 0.25) is 0 Å². The molecule has 0 spiro atoms. The predicted molar refractivity (Wildman–Crippen MR) is 81.4 cm³/mol. The monoisotopic (exact) mass is 274 g/mol. The number of hydrogen-bond acceptors (Lipinski definition) is 3. The molecule has 110 valence electrons. The third-order valence-corrected chi connectivity index (χ3v) is 5.31. The number of nitrogens with zero attached hydrogens (tertiary/aromatic N) is 1. The Kier molecular flexibility index (Phi) is 4.11. The molecule has 1 heterocycles. The largest absolute Gasteiger partial charge is 0.394 e. The molecule has 0 aromatic heterocycles. The third kappa shape index (κ3) is 2.76. The van der Waals surface area contributed by atoms with Gasteiger partial charge in [-0.15, -0.1) is 0 Å². The maximum atomic E-state index is 9.52. The SMILES string of the molecule is NC1(CO)CCCC1CCN1CCc2ccccc2C1. The summed E-state index contributed by atoms with van der Waals surface area (Å²) in [6.45, 7) is 3.47. The Balaban J connectivity index is 1.55. The van der Waals surface area contributed by atoms with Gasteiger partial charge in [-0.3, -0.25) is 4.90 Å². The fourth-order valence-corrected chi connectivity index (χ4v) is 3.89. The highest BCUT2D eigenvalue weighted by Gasteiger charge is 2.38. The average Bonchev–Trinajstić information content (AvgIpc) is 2.87. The van der Waals surface area contributed by atoms with E-state index in [-0.39, 0.29) is 12.1 Å². The van der Waals surface area contributed by atoms with Crippen LogP contribution in [0.2, 0.25) is 0 Å². The highest BCUT2D eigenvalue weighted by molar-refractivity contribution is 5.29. The third-order valence-electron chi connectivity index (χ3n) is 5.31. The Bertz CT molecular complexity index is 462.